The highest BCUT2D eigenvalue weighted by Gasteiger charge is 2.38. The first-order valence-electron chi connectivity index (χ1n) is 6.10. The van der Waals surface area contributed by atoms with Gasteiger partial charge in [-0.1, -0.05) is 35.3 Å². The monoisotopic (exact) mass is 324 g/mol. The predicted molar refractivity (Wildman–Crippen MR) is 80.2 cm³/mol. The number of aromatic amines is 1. The average Bonchev–Trinajstić information content (AvgIpc) is 2.88. The zero-order valence-corrected chi connectivity index (χ0v) is 12.4. The highest BCUT2D eigenvalue weighted by molar-refractivity contribution is 6.42. The van der Waals surface area contributed by atoms with Crippen LogP contribution in [-0.4, -0.2) is 15.1 Å². The number of fused-ring (bicyclic) bond motifs is 1. The first-order chi connectivity index (χ1) is 10.0. The number of allylic oxidation sites excluding steroid dienone is 2. The summed E-state index contributed by atoms with van der Waals surface area (Å²) in [6.07, 6.45) is 1.63. The molecule has 1 unspecified atom stereocenters. The van der Waals surface area contributed by atoms with Crippen LogP contribution >= 0.6 is 23.2 Å². The lowest BCUT2D eigenvalue weighted by Gasteiger charge is -2.23. The van der Waals surface area contributed by atoms with Gasteiger partial charge < -0.3 is 5.32 Å². The summed E-state index contributed by atoms with van der Waals surface area (Å²) in [6.45, 7) is 1.64. The van der Waals surface area contributed by atoms with E-state index in [1.54, 1.807) is 31.3 Å². The molecule has 0 saturated heterocycles. The SMILES string of the molecule is CC1=C([N+](=O)[O-])C(c2cccc(Cl)c2Cl)c2c[nH]nc2N1. The van der Waals surface area contributed by atoms with E-state index in [9.17, 15) is 10.1 Å². The van der Waals surface area contributed by atoms with Gasteiger partial charge in [-0.2, -0.15) is 5.10 Å². The number of nitrogens with one attached hydrogen (secondary N) is 2. The minimum Gasteiger partial charge on any atom is -0.337 e. The van der Waals surface area contributed by atoms with Crippen LogP contribution in [0.5, 0.6) is 0 Å². The van der Waals surface area contributed by atoms with Crippen LogP contribution in [0, 0.1) is 10.1 Å². The molecule has 0 spiro atoms. The lowest BCUT2D eigenvalue weighted by molar-refractivity contribution is -0.430. The molecule has 1 atom stereocenters. The number of aromatic nitrogens is 2. The van der Waals surface area contributed by atoms with E-state index < -0.39 is 10.8 Å². The molecule has 0 fully saturated rings. The second kappa shape index (κ2) is 5.05. The molecule has 0 amide bonds. The molecule has 0 aliphatic carbocycles. The Bertz CT molecular complexity index is 769. The third kappa shape index (κ3) is 2.16. The van der Waals surface area contributed by atoms with Gasteiger partial charge in [-0.25, -0.2) is 0 Å². The minimum absolute atomic E-state index is 0.0352. The number of nitro groups is 1. The van der Waals surface area contributed by atoms with Crippen LogP contribution in [0.2, 0.25) is 10.0 Å². The molecule has 0 saturated carbocycles. The summed E-state index contributed by atoms with van der Waals surface area (Å²) in [5.41, 5.74) is 1.71. The summed E-state index contributed by atoms with van der Waals surface area (Å²) in [7, 11) is 0. The van der Waals surface area contributed by atoms with Gasteiger partial charge in [0.1, 0.15) is 5.92 Å². The maximum Gasteiger partial charge on any atom is 0.277 e. The van der Waals surface area contributed by atoms with Gasteiger partial charge in [0.2, 0.25) is 0 Å². The molecule has 6 nitrogen and oxygen atoms in total. The number of nitrogens with zero attached hydrogens (tertiary/aromatic N) is 2. The standard InChI is InChI=1S/C13H10Cl2N4O2/c1-6-12(19(20)21)10(8-5-16-18-13(8)17-6)7-3-2-4-9(14)11(7)15/h2-5,10H,1H3,(H2,16,17,18). The highest BCUT2D eigenvalue weighted by atomic mass is 35.5. The Morgan fingerprint density at radius 3 is 2.81 bits per heavy atom. The molecule has 2 aromatic rings. The molecule has 1 aliphatic rings. The van der Waals surface area contributed by atoms with E-state index in [0.29, 0.717) is 32.7 Å². The van der Waals surface area contributed by atoms with Gasteiger partial charge in [0, 0.05) is 11.8 Å². The summed E-state index contributed by atoms with van der Waals surface area (Å²) in [6, 6.07) is 5.10. The lowest BCUT2D eigenvalue weighted by Crippen LogP contribution is -2.22. The molecule has 8 heteroatoms. The smallest absolute Gasteiger partial charge is 0.277 e. The van der Waals surface area contributed by atoms with E-state index in [1.807, 2.05) is 0 Å². The number of anilines is 1. The van der Waals surface area contributed by atoms with E-state index in [4.69, 9.17) is 23.2 Å². The van der Waals surface area contributed by atoms with Crippen LogP contribution in [0.15, 0.2) is 35.8 Å². The molecular weight excluding hydrogens is 315 g/mol. The topological polar surface area (TPSA) is 83.8 Å². The largest absolute Gasteiger partial charge is 0.337 e. The van der Waals surface area contributed by atoms with Gasteiger partial charge in [0.05, 0.1) is 20.7 Å². The van der Waals surface area contributed by atoms with E-state index in [-0.39, 0.29) is 5.70 Å². The van der Waals surface area contributed by atoms with Gasteiger partial charge in [-0.05, 0) is 18.6 Å². The van der Waals surface area contributed by atoms with Crippen molar-refractivity contribution in [3.63, 3.8) is 0 Å². The Morgan fingerprint density at radius 1 is 1.33 bits per heavy atom. The van der Waals surface area contributed by atoms with E-state index in [1.165, 1.54) is 0 Å². The molecule has 1 aliphatic heterocycles. The first kappa shape index (κ1) is 13.9. The summed E-state index contributed by atoms with van der Waals surface area (Å²) in [5, 5.41) is 21.8. The number of H-pyrrole nitrogens is 1. The van der Waals surface area contributed by atoms with Gasteiger partial charge >= 0.3 is 0 Å². The van der Waals surface area contributed by atoms with Crippen LogP contribution < -0.4 is 5.32 Å². The Labute approximate surface area is 129 Å². The highest BCUT2D eigenvalue weighted by Crippen LogP contribution is 2.44. The molecule has 0 bridgehead atoms. The Balaban J connectivity index is 2.27. The Kier molecular flexibility index (Phi) is 3.35. The van der Waals surface area contributed by atoms with Crippen molar-refractivity contribution in [2.24, 2.45) is 0 Å². The second-order valence-corrected chi connectivity index (χ2v) is 5.44. The zero-order chi connectivity index (χ0) is 15.1. The summed E-state index contributed by atoms with van der Waals surface area (Å²) >= 11 is 12.3. The van der Waals surface area contributed by atoms with Gasteiger partial charge in [-0.15, -0.1) is 0 Å². The summed E-state index contributed by atoms with van der Waals surface area (Å²) in [4.78, 5) is 11.1. The molecule has 0 radical (unpaired) electrons. The fraction of sp³-hybridized carbons (Fsp3) is 0.154. The van der Waals surface area contributed by atoms with E-state index in [2.05, 4.69) is 15.5 Å². The number of rotatable bonds is 2. The van der Waals surface area contributed by atoms with Crippen LogP contribution in [-0.2, 0) is 0 Å². The van der Waals surface area contributed by atoms with E-state index >= 15 is 0 Å². The van der Waals surface area contributed by atoms with Gasteiger partial charge in [0.15, 0.2) is 5.82 Å². The fourth-order valence-electron chi connectivity index (χ4n) is 2.53. The number of halogens is 2. The summed E-state index contributed by atoms with van der Waals surface area (Å²) in [5.74, 6) is -0.0691. The van der Waals surface area contributed by atoms with Crippen molar-refractivity contribution in [1.29, 1.82) is 0 Å². The minimum atomic E-state index is -0.624. The summed E-state index contributed by atoms with van der Waals surface area (Å²) < 4.78 is 0. The molecule has 2 heterocycles. The Hall–Kier alpha value is -2.05. The van der Waals surface area contributed by atoms with Crippen LogP contribution in [0.1, 0.15) is 24.0 Å². The normalized spacial score (nSPS) is 17.4. The van der Waals surface area contributed by atoms with Crippen molar-refractivity contribution in [3.05, 3.63) is 67.1 Å². The molecular formula is C13H10Cl2N4O2. The molecule has 21 heavy (non-hydrogen) atoms. The molecule has 1 aromatic heterocycles. The lowest BCUT2D eigenvalue weighted by atomic mass is 9.87. The van der Waals surface area contributed by atoms with Crippen molar-refractivity contribution in [2.75, 3.05) is 5.32 Å². The van der Waals surface area contributed by atoms with E-state index in [0.717, 1.165) is 0 Å². The Morgan fingerprint density at radius 2 is 2.10 bits per heavy atom. The van der Waals surface area contributed by atoms with Gasteiger partial charge in [0.25, 0.3) is 5.70 Å². The molecule has 1 aromatic carbocycles. The van der Waals surface area contributed by atoms with Gasteiger partial charge in [-0.3, -0.25) is 15.2 Å². The van der Waals surface area contributed by atoms with Crippen LogP contribution in [0.4, 0.5) is 5.82 Å². The number of benzene rings is 1. The second-order valence-electron chi connectivity index (χ2n) is 4.66. The molecule has 2 N–H and O–H groups in total. The predicted octanol–water partition coefficient (Wildman–Crippen LogP) is 3.78. The van der Waals surface area contributed by atoms with Crippen molar-refractivity contribution in [1.82, 2.24) is 10.2 Å². The van der Waals surface area contributed by atoms with Crippen LogP contribution in [0.3, 0.4) is 0 Å². The molecule has 3 rings (SSSR count). The fourth-order valence-corrected chi connectivity index (χ4v) is 2.94. The van der Waals surface area contributed by atoms with Crippen molar-refractivity contribution < 1.29 is 4.92 Å². The average molecular weight is 325 g/mol. The number of hydrogen-bond donors (Lipinski definition) is 2. The van der Waals surface area contributed by atoms with Crippen LogP contribution in [0.25, 0.3) is 0 Å². The van der Waals surface area contributed by atoms with Crippen molar-refractivity contribution >= 4 is 29.0 Å². The maximum absolute atomic E-state index is 11.5. The van der Waals surface area contributed by atoms with Crippen molar-refractivity contribution in [3.8, 4) is 0 Å². The maximum atomic E-state index is 11.5. The third-order valence-electron chi connectivity index (χ3n) is 3.43. The third-order valence-corrected chi connectivity index (χ3v) is 4.27. The zero-order valence-electron chi connectivity index (χ0n) is 10.9. The first-order valence-corrected chi connectivity index (χ1v) is 6.86. The number of hydrogen-bond acceptors (Lipinski definition) is 4. The molecule has 108 valence electrons. The van der Waals surface area contributed by atoms with Crippen molar-refractivity contribution in [2.45, 2.75) is 12.8 Å². The quantitative estimate of drug-likeness (QED) is 0.650.